The van der Waals surface area contributed by atoms with Crippen molar-refractivity contribution in [2.75, 3.05) is 7.11 Å². The Balaban J connectivity index is 3.51. The highest BCUT2D eigenvalue weighted by molar-refractivity contribution is 5.91. The maximum Gasteiger partial charge on any atom is 0.338 e. The summed E-state index contributed by atoms with van der Waals surface area (Å²) in [6.45, 7) is -0.289. The first-order valence-corrected chi connectivity index (χ1v) is 4.55. The van der Waals surface area contributed by atoms with E-state index in [2.05, 4.69) is 9.72 Å². The first-order valence-electron chi connectivity index (χ1n) is 4.55. The SMILES string of the molecule is COC(=O)c1cc(C#N)nc(C(F)F)c1CN. The van der Waals surface area contributed by atoms with Gasteiger partial charge in [0, 0.05) is 12.1 Å². The summed E-state index contributed by atoms with van der Waals surface area (Å²) in [5, 5.41) is 8.65. The van der Waals surface area contributed by atoms with Crippen molar-refractivity contribution in [2.24, 2.45) is 5.73 Å². The first kappa shape index (κ1) is 13.0. The molecule has 0 aliphatic heterocycles. The second kappa shape index (κ2) is 5.32. The van der Waals surface area contributed by atoms with E-state index >= 15 is 0 Å². The number of pyridine rings is 1. The number of halogens is 2. The van der Waals surface area contributed by atoms with E-state index < -0.39 is 18.1 Å². The number of methoxy groups -OCH3 is 1. The predicted molar refractivity (Wildman–Crippen MR) is 53.1 cm³/mol. The second-order valence-corrected chi connectivity index (χ2v) is 3.03. The zero-order valence-corrected chi connectivity index (χ0v) is 8.91. The Bertz CT molecular complexity index is 483. The lowest BCUT2D eigenvalue weighted by Crippen LogP contribution is -2.14. The van der Waals surface area contributed by atoms with Gasteiger partial charge in [0.05, 0.1) is 12.7 Å². The summed E-state index contributed by atoms with van der Waals surface area (Å²) in [6.07, 6.45) is -2.91. The molecule has 0 aliphatic rings. The number of rotatable bonds is 3. The van der Waals surface area contributed by atoms with Crippen molar-refractivity contribution in [3.8, 4) is 6.07 Å². The third kappa shape index (κ3) is 2.54. The van der Waals surface area contributed by atoms with Crippen molar-refractivity contribution in [1.29, 1.82) is 5.26 Å². The summed E-state index contributed by atoms with van der Waals surface area (Å²) >= 11 is 0. The van der Waals surface area contributed by atoms with E-state index in [4.69, 9.17) is 11.0 Å². The minimum Gasteiger partial charge on any atom is -0.465 e. The van der Waals surface area contributed by atoms with Gasteiger partial charge in [-0.15, -0.1) is 0 Å². The molecule has 0 aromatic carbocycles. The fraction of sp³-hybridized carbons (Fsp3) is 0.300. The molecule has 7 heteroatoms. The van der Waals surface area contributed by atoms with Crippen molar-refractivity contribution >= 4 is 5.97 Å². The minimum absolute atomic E-state index is 0.106. The molecule has 2 N–H and O–H groups in total. The highest BCUT2D eigenvalue weighted by Gasteiger charge is 2.22. The van der Waals surface area contributed by atoms with Gasteiger partial charge >= 0.3 is 5.97 Å². The fourth-order valence-corrected chi connectivity index (χ4v) is 1.34. The normalized spacial score (nSPS) is 10.1. The van der Waals surface area contributed by atoms with E-state index in [1.807, 2.05) is 0 Å². The zero-order valence-electron chi connectivity index (χ0n) is 8.91. The van der Waals surface area contributed by atoms with E-state index in [0.29, 0.717) is 0 Å². The van der Waals surface area contributed by atoms with E-state index in [1.54, 1.807) is 6.07 Å². The van der Waals surface area contributed by atoms with Crippen LogP contribution in [0, 0.1) is 11.3 Å². The molecule has 0 bridgehead atoms. The number of carbonyl (C=O) groups is 1. The third-order valence-electron chi connectivity index (χ3n) is 2.09. The molecule has 0 saturated carbocycles. The molecule has 0 atom stereocenters. The van der Waals surface area contributed by atoms with Crippen molar-refractivity contribution in [1.82, 2.24) is 4.98 Å². The van der Waals surface area contributed by atoms with Gasteiger partial charge in [0.15, 0.2) is 0 Å². The number of hydrogen-bond donors (Lipinski definition) is 1. The van der Waals surface area contributed by atoms with Crippen LogP contribution < -0.4 is 5.73 Å². The van der Waals surface area contributed by atoms with Crippen molar-refractivity contribution < 1.29 is 18.3 Å². The summed E-state index contributed by atoms with van der Waals surface area (Å²) < 4.78 is 29.8. The Labute approximate surface area is 95.8 Å². The summed E-state index contributed by atoms with van der Waals surface area (Å²) in [6, 6.07) is 2.68. The van der Waals surface area contributed by atoms with Crippen LogP contribution in [0.15, 0.2) is 6.07 Å². The maximum atomic E-state index is 12.7. The third-order valence-corrected chi connectivity index (χ3v) is 2.09. The lowest BCUT2D eigenvalue weighted by molar-refractivity contribution is 0.0598. The predicted octanol–water partition coefficient (Wildman–Crippen LogP) is 1.14. The molecule has 1 heterocycles. The molecular formula is C10H9F2N3O2. The number of nitriles is 1. The lowest BCUT2D eigenvalue weighted by Gasteiger charge is -2.11. The first-order chi connectivity index (χ1) is 8.04. The smallest absolute Gasteiger partial charge is 0.338 e. The van der Waals surface area contributed by atoms with Crippen LogP contribution in [0.1, 0.15) is 33.7 Å². The Morgan fingerprint density at radius 2 is 2.35 bits per heavy atom. The number of alkyl halides is 2. The topological polar surface area (TPSA) is 89.0 Å². The number of ether oxygens (including phenoxy) is 1. The number of esters is 1. The number of hydrogen-bond acceptors (Lipinski definition) is 5. The van der Waals surface area contributed by atoms with Crippen LogP contribution in [0.3, 0.4) is 0 Å². The van der Waals surface area contributed by atoms with Gasteiger partial charge in [0.1, 0.15) is 17.5 Å². The Morgan fingerprint density at radius 1 is 1.71 bits per heavy atom. The van der Waals surface area contributed by atoms with Crippen LogP contribution in [-0.4, -0.2) is 18.1 Å². The molecular weight excluding hydrogens is 232 g/mol. The standard InChI is InChI=1S/C10H9F2N3O2/c1-17-10(16)6-2-5(3-13)15-8(9(11)12)7(6)4-14/h2,9H,4,14H2,1H3. The fourth-order valence-electron chi connectivity index (χ4n) is 1.34. The van der Waals surface area contributed by atoms with E-state index in [-0.39, 0.29) is 23.4 Å². The summed E-state index contributed by atoms with van der Waals surface area (Å²) in [5.41, 5.74) is 4.11. The van der Waals surface area contributed by atoms with Crippen LogP contribution in [0.5, 0.6) is 0 Å². The highest BCUT2D eigenvalue weighted by Crippen LogP contribution is 2.24. The molecule has 0 fully saturated rings. The molecule has 90 valence electrons. The molecule has 0 saturated heterocycles. The van der Waals surface area contributed by atoms with Crippen LogP contribution in [-0.2, 0) is 11.3 Å². The highest BCUT2D eigenvalue weighted by atomic mass is 19.3. The summed E-state index contributed by atoms with van der Waals surface area (Å²) in [4.78, 5) is 14.8. The van der Waals surface area contributed by atoms with Gasteiger partial charge in [-0.05, 0) is 6.07 Å². The maximum absolute atomic E-state index is 12.7. The molecule has 0 aliphatic carbocycles. The average Bonchev–Trinajstić information content (AvgIpc) is 2.35. The largest absolute Gasteiger partial charge is 0.465 e. The summed E-state index contributed by atoms with van der Waals surface area (Å²) in [5.74, 6) is -0.828. The van der Waals surface area contributed by atoms with Crippen LogP contribution in [0.4, 0.5) is 8.78 Å². The summed E-state index contributed by atoms with van der Waals surface area (Å²) in [7, 11) is 1.11. The number of aromatic nitrogens is 1. The Kier molecular flexibility index (Phi) is 4.06. The van der Waals surface area contributed by atoms with Gasteiger partial charge in [-0.1, -0.05) is 0 Å². The molecule has 1 aromatic rings. The lowest BCUT2D eigenvalue weighted by atomic mass is 10.0. The monoisotopic (exact) mass is 241 g/mol. The van der Waals surface area contributed by atoms with Gasteiger partial charge in [-0.2, -0.15) is 5.26 Å². The van der Waals surface area contributed by atoms with Gasteiger partial charge in [-0.25, -0.2) is 18.6 Å². The molecule has 0 amide bonds. The van der Waals surface area contributed by atoms with Crippen LogP contribution >= 0.6 is 0 Å². The van der Waals surface area contributed by atoms with Crippen molar-refractivity contribution in [2.45, 2.75) is 13.0 Å². The molecule has 0 unspecified atom stereocenters. The van der Waals surface area contributed by atoms with Crippen molar-refractivity contribution in [3.63, 3.8) is 0 Å². The van der Waals surface area contributed by atoms with E-state index in [9.17, 15) is 13.6 Å². The van der Waals surface area contributed by atoms with Crippen LogP contribution in [0.2, 0.25) is 0 Å². The number of carbonyl (C=O) groups excluding carboxylic acids is 1. The van der Waals surface area contributed by atoms with Gasteiger partial charge in [0.2, 0.25) is 0 Å². The molecule has 1 aromatic heterocycles. The van der Waals surface area contributed by atoms with Crippen molar-refractivity contribution in [3.05, 3.63) is 28.6 Å². The van der Waals surface area contributed by atoms with Crippen LogP contribution in [0.25, 0.3) is 0 Å². The van der Waals surface area contributed by atoms with Gasteiger partial charge < -0.3 is 10.5 Å². The number of nitrogens with two attached hydrogens (primary N) is 1. The molecule has 5 nitrogen and oxygen atoms in total. The van der Waals surface area contributed by atoms with Gasteiger partial charge in [-0.3, -0.25) is 0 Å². The average molecular weight is 241 g/mol. The van der Waals surface area contributed by atoms with E-state index in [0.717, 1.165) is 13.2 Å². The molecule has 17 heavy (non-hydrogen) atoms. The number of nitrogens with zero attached hydrogens (tertiary/aromatic N) is 2. The zero-order chi connectivity index (χ0) is 13.0. The van der Waals surface area contributed by atoms with E-state index in [1.165, 1.54) is 0 Å². The molecule has 0 radical (unpaired) electrons. The minimum atomic E-state index is -2.91. The van der Waals surface area contributed by atoms with Gasteiger partial charge in [0.25, 0.3) is 6.43 Å². The molecule has 1 rings (SSSR count). The second-order valence-electron chi connectivity index (χ2n) is 3.03. The quantitative estimate of drug-likeness (QED) is 0.801. The Hall–Kier alpha value is -2.07. The molecule has 0 spiro atoms. The Morgan fingerprint density at radius 3 is 2.76 bits per heavy atom.